The minimum absolute atomic E-state index is 0.171. The van der Waals surface area contributed by atoms with E-state index in [2.05, 4.69) is 38.2 Å². The molecule has 0 saturated carbocycles. The van der Waals surface area contributed by atoms with Crippen molar-refractivity contribution in [3.8, 4) is 0 Å². The number of rotatable bonds is 33. The maximum atomic E-state index is 13.2. The van der Waals surface area contributed by atoms with Crippen molar-refractivity contribution in [1.82, 2.24) is 0 Å². The summed E-state index contributed by atoms with van der Waals surface area (Å²) < 4.78 is 11.1. The number of benzene rings is 1. The molecule has 50 heavy (non-hydrogen) atoms. The monoisotopic (exact) mass is 695 g/mol. The summed E-state index contributed by atoms with van der Waals surface area (Å²) in [6.07, 6.45) is 34.4. The van der Waals surface area contributed by atoms with Crippen molar-refractivity contribution in [3.63, 3.8) is 0 Å². The number of hydrogen-bond donors (Lipinski definition) is 1. The molecule has 6 heteroatoms. The zero-order valence-electron chi connectivity index (χ0n) is 31.7. The fraction of sp³-hybridized carbons (Fsp3) is 0.659. The zero-order chi connectivity index (χ0) is 36.3. The van der Waals surface area contributed by atoms with Crippen LogP contribution in [0.1, 0.15) is 174 Å². The number of hydrogen-bond acceptors (Lipinski definition) is 6. The van der Waals surface area contributed by atoms with Gasteiger partial charge in [-0.25, -0.2) is 0 Å². The molecule has 1 aromatic carbocycles. The van der Waals surface area contributed by atoms with Crippen LogP contribution in [0, 0.1) is 0 Å². The molecule has 2 unspecified atom stereocenters. The van der Waals surface area contributed by atoms with Gasteiger partial charge in [-0.2, -0.15) is 0 Å². The zero-order valence-corrected chi connectivity index (χ0v) is 31.7. The van der Waals surface area contributed by atoms with Crippen LogP contribution in [0.4, 0.5) is 0 Å². The molecule has 0 aliphatic heterocycles. The molecule has 0 aromatic heterocycles. The maximum absolute atomic E-state index is 13.2. The highest BCUT2D eigenvalue weighted by Gasteiger charge is 2.33. The van der Waals surface area contributed by atoms with E-state index in [-0.39, 0.29) is 12.8 Å². The topological polar surface area (TPSA) is 89.9 Å². The third-order valence-electron chi connectivity index (χ3n) is 8.86. The lowest BCUT2D eigenvalue weighted by molar-refractivity contribution is -0.173. The van der Waals surface area contributed by atoms with E-state index in [9.17, 15) is 19.5 Å². The molecule has 0 amide bonds. The Morgan fingerprint density at radius 1 is 0.580 bits per heavy atom. The van der Waals surface area contributed by atoms with Gasteiger partial charge < -0.3 is 14.6 Å². The average Bonchev–Trinajstić information content (AvgIpc) is 3.13. The fourth-order valence-electron chi connectivity index (χ4n) is 5.75. The highest BCUT2D eigenvalue weighted by molar-refractivity contribution is 5.98. The second kappa shape index (κ2) is 33.2. The second-order valence-corrected chi connectivity index (χ2v) is 13.5. The van der Waals surface area contributed by atoms with Gasteiger partial charge in [-0.1, -0.05) is 152 Å². The first kappa shape index (κ1) is 45.0. The van der Waals surface area contributed by atoms with Gasteiger partial charge in [0.05, 0.1) is 6.61 Å². The molecule has 1 rings (SSSR count). The first-order valence-corrected chi connectivity index (χ1v) is 20.1. The van der Waals surface area contributed by atoms with Crippen LogP contribution in [-0.4, -0.2) is 41.6 Å². The third-order valence-corrected chi connectivity index (χ3v) is 8.86. The number of esters is 2. The van der Waals surface area contributed by atoms with Gasteiger partial charge in [0.2, 0.25) is 6.10 Å². The van der Waals surface area contributed by atoms with Crippen molar-refractivity contribution in [1.29, 1.82) is 0 Å². The van der Waals surface area contributed by atoms with Gasteiger partial charge in [-0.3, -0.25) is 14.4 Å². The Labute approximate surface area is 305 Å². The minimum Gasteiger partial charge on any atom is -0.455 e. The molecular formula is C44H70O6. The van der Waals surface area contributed by atoms with Gasteiger partial charge in [-0.15, -0.1) is 0 Å². The predicted octanol–water partition coefficient (Wildman–Crippen LogP) is 11.6. The highest BCUT2D eigenvalue weighted by atomic mass is 16.6. The minimum atomic E-state index is -1.40. The number of aliphatic hydroxyl groups excluding tert-OH is 1. The van der Waals surface area contributed by atoms with E-state index in [1.165, 1.54) is 70.3 Å². The van der Waals surface area contributed by atoms with Crippen LogP contribution in [0.5, 0.6) is 0 Å². The first-order valence-electron chi connectivity index (χ1n) is 20.1. The fourth-order valence-corrected chi connectivity index (χ4v) is 5.75. The smallest absolute Gasteiger partial charge is 0.306 e. The predicted molar refractivity (Wildman–Crippen MR) is 208 cm³/mol. The van der Waals surface area contributed by atoms with Gasteiger partial charge >= 0.3 is 11.9 Å². The number of allylic oxidation sites excluding steroid dienone is 4. The molecule has 0 aliphatic rings. The number of carbonyl (C=O) groups excluding carboxylic acids is 3. The summed E-state index contributed by atoms with van der Waals surface area (Å²) in [5, 5.41) is 10.1. The largest absolute Gasteiger partial charge is 0.455 e. The molecule has 0 fully saturated rings. The third kappa shape index (κ3) is 25.9. The van der Waals surface area contributed by atoms with Gasteiger partial charge in [-0.05, 0) is 75.8 Å². The molecule has 0 spiro atoms. The Kier molecular flexibility index (Phi) is 29.9. The van der Waals surface area contributed by atoms with Crippen LogP contribution in [0.25, 0.3) is 6.08 Å². The van der Waals surface area contributed by atoms with Crippen molar-refractivity contribution in [3.05, 3.63) is 66.3 Å². The van der Waals surface area contributed by atoms with Crippen molar-refractivity contribution in [2.45, 2.75) is 180 Å². The molecule has 0 radical (unpaired) electrons. The van der Waals surface area contributed by atoms with E-state index in [4.69, 9.17) is 9.47 Å². The normalized spacial score (nSPS) is 12.9. The lowest BCUT2D eigenvalue weighted by atomic mass is 10.1. The number of aliphatic hydroxyl groups is 1. The Morgan fingerprint density at radius 3 is 1.46 bits per heavy atom. The molecule has 6 nitrogen and oxygen atoms in total. The van der Waals surface area contributed by atoms with Crippen molar-refractivity contribution < 1.29 is 29.0 Å². The van der Waals surface area contributed by atoms with E-state index in [1.54, 1.807) is 6.08 Å². The molecule has 1 aromatic rings. The van der Waals surface area contributed by atoms with Gasteiger partial charge in [0.25, 0.3) is 0 Å². The van der Waals surface area contributed by atoms with Crippen molar-refractivity contribution in [2.24, 2.45) is 0 Å². The Hall–Kier alpha value is -2.99. The van der Waals surface area contributed by atoms with E-state index < -0.39 is 36.5 Å². The standard InChI is InChI=1S/C44H70O6/c1-3-5-7-9-11-13-15-17-19-21-23-25-30-34-42(47)49-41(38-45)44(40(46)37-36-39-32-28-27-29-33-39)50-43(48)35-31-26-24-22-20-18-16-14-12-10-8-6-4-2/h13-16,27-29,32-33,36-37,41,44-45H,3-12,17-26,30-31,34-35,38H2,1-2H3. The van der Waals surface area contributed by atoms with Crippen LogP contribution in [0.15, 0.2) is 60.7 Å². The van der Waals surface area contributed by atoms with E-state index in [0.29, 0.717) is 12.8 Å². The Morgan fingerprint density at radius 2 is 1.00 bits per heavy atom. The van der Waals surface area contributed by atoms with E-state index in [0.717, 1.165) is 69.8 Å². The molecule has 0 aliphatic carbocycles. The summed E-state index contributed by atoms with van der Waals surface area (Å²) in [7, 11) is 0. The summed E-state index contributed by atoms with van der Waals surface area (Å²) in [6, 6.07) is 9.31. The van der Waals surface area contributed by atoms with Gasteiger partial charge in [0.15, 0.2) is 11.9 Å². The van der Waals surface area contributed by atoms with Gasteiger partial charge in [0, 0.05) is 12.8 Å². The Bertz CT molecular complexity index is 1060. The number of carbonyl (C=O) groups is 3. The van der Waals surface area contributed by atoms with Crippen molar-refractivity contribution in [2.75, 3.05) is 6.61 Å². The SMILES string of the molecule is CCCCCCC=CCCCCCCCC(=O)OC(CO)C(OC(=O)CCCCCCCC=CCCCCCC)C(=O)C=Cc1ccccc1. The average molecular weight is 695 g/mol. The molecule has 0 bridgehead atoms. The highest BCUT2D eigenvalue weighted by Crippen LogP contribution is 2.16. The lowest BCUT2D eigenvalue weighted by Gasteiger charge is -2.24. The summed E-state index contributed by atoms with van der Waals surface area (Å²) in [5.74, 6) is -1.55. The van der Waals surface area contributed by atoms with Crippen LogP contribution in [0.2, 0.25) is 0 Å². The van der Waals surface area contributed by atoms with E-state index >= 15 is 0 Å². The maximum Gasteiger partial charge on any atom is 0.306 e. The van der Waals surface area contributed by atoms with Crippen LogP contribution >= 0.6 is 0 Å². The van der Waals surface area contributed by atoms with E-state index in [1.807, 2.05) is 30.3 Å². The number of ether oxygens (including phenoxy) is 2. The summed E-state index contributed by atoms with van der Waals surface area (Å²) in [6.45, 7) is 3.84. The summed E-state index contributed by atoms with van der Waals surface area (Å²) in [4.78, 5) is 38.7. The number of unbranched alkanes of at least 4 members (excludes halogenated alkanes) is 18. The van der Waals surface area contributed by atoms with Crippen LogP contribution in [0.3, 0.4) is 0 Å². The van der Waals surface area contributed by atoms with Crippen LogP contribution < -0.4 is 0 Å². The molecule has 0 saturated heterocycles. The number of ketones is 1. The second-order valence-electron chi connectivity index (χ2n) is 13.5. The summed E-state index contributed by atoms with van der Waals surface area (Å²) in [5.41, 5.74) is 0.810. The molecular weight excluding hydrogens is 624 g/mol. The first-order chi connectivity index (χ1) is 24.5. The lowest BCUT2D eigenvalue weighted by Crippen LogP contribution is -2.42. The summed E-state index contributed by atoms with van der Waals surface area (Å²) >= 11 is 0. The Balaban J connectivity index is 2.47. The van der Waals surface area contributed by atoms with Crippen molar-refractivity contribution >= 4 is 23.8 Å². The molecule has 282 valence electrons. The molecule has 0 heterocycles. The molecule has 1 N–H and O–H groups in total. The van der Waals surface area contributed by atoms with Crippen LogP contribution in [-0.2, 0) is 23.9 Å². The van der Waals surface area contributed by atoms with Gasteiger partial charge in [0.1, 0.15) is 0 Å². The molecule has 2 atom stereocenters. The quantitative estimate of drug-likeness (QED) is 0.0341.